The highest BCUT2D eigenvalue weighted by atomic mass is 35.5. The number of hydrazine groups is 1. The Morgan fingerprint density at radius 3 is 2.52 bits per heavy atom. The lowest BCUT2D eigenvalue weighted by atomic mass is 9.99. The van der Waals surface area contributed by atoms with Gasteiger partial charge in [0.25, 0.3) is 0 Å². The van der Waals surface area contributed by atoms with Gasteiger partial charge in [-0.25, -0.2) is 4.39 Å². The number of rotatable bonds is 6. The van der Waals surface area contributed by atoms with E-state index < -0.39 is 0 Å². The van der Waals surface area contributed by atoms with Gasteiger partial charge in [0.2, 0.25) is 0 Å². The molecule has 3 N–H and O–H groups in total. The van der Waals surface area contributed by atoms with Crippen LogP contribution in [0.5, 0.6) is 5.75 Å². The Morgan fingerprint density at radius 2 is 1.95 bits per heavy atom. The van der Waals surface area contributed by atoms with Gasteiger partial charge in [-0.15, -0.1) is 0 Å². The van der Waals surface area contributed by atoms with Crippen molar-refractivity contribution in [3.05, 3.63) is 64.4 Å². The molecule has 112 valence electrons. The second kappa shape index (κ2) is 7.41. The van der Waals surface area contributed by atoms with E-state index in [-0.39, 0.29) is 11.9 Å². The van der Waals surface area contributed by atoms with Gasteiger partial charge in [-0.2, -0.15) is 0 Å². The lowest BCUT2D eigenvalue weighted by Gasteiger charge is -2.18. The lowest BCUT2D eigenvalue weighted by Crippen LogP contribution is -2.29. The van der Waals surface area contributed by atoms with E-state index in [2.05, 4.69) is 5.43 Å². The summed E-state index contributed by atoms with van der Waals surface area (Å²) in [7, 11) is 0. The van der Waals surface area contributed by atoms with Crippen molar-refractivity contribution in [1.29, 1.82) is 0 Å². The molecule has 2 rings (SSSR count). The minimum atomic E-state index is -0.325. The first-order valence-electron chi connectivity index (χ1n) is 6.77. The molecule has 0 radical (unpaired) electrons. The molecule has 0 aliphatic carbocycles. The lowest BCUT2D eigenvalue weighted by molar-refractivity contribution is 0.340. The molecule has 3 nitrogen and oxygen atoms in total. The average molecular weight is 309 g/mol. The van der Waals surface area contributed by atoms with Crippen LogP contribution >= 0.6 is 11.6 Å². The van der Waals surface area contributed by atoms with E-state index in [1.807, 2.05) is 31.2 Å². The van der Waals surface area contributed by atoms with E-state index >= 15 is 0 Å². The summed E-state index contributed by atoms with van der Waals surface area (Å²) >= 11 is 6.06. The van der Waals surface area contributed by atoms with Crippen LogP contribution in [0.15, 0.2) is 42.5 Å². The molecular formula is C16H18ClFN2O. The fourth-order valence-corrected chi connectivity index (χ4v) is 2.41. The smallest absolute Gasteiger partial charge is 0.127 e. The molecule has 2 aromatic rings. The van der Waals surface area contributed by atoms with Crippen molar-refractivity contribution in [1.82, 2.24) is 5.43 Å². The Kier molecular flexibility index (Phi) is 5.56. The van der Waals surface area contributed by atoms with Gasteiger partial charge in [0, 0.05) is 10.6 Å². The summed E-state index contributed by atoms with van der Waals surface area (Å²) in [5.74, 6) is 6.07. The Balaban J connectivity index is 2.19. The summed E-state index contributed by atoms with van der Waals surface area (Å²) in [6, 6.07) is 12.0. The topological polar surface area (TPSA) is 47.3 Å². The van der Waals surface area contributed by atoms with Gasteiger partial charge in [-0.3, -0.25) is 11.3 Å². The van der Waals surface area contributed by atoms with E-state index in [1.54, 1.807) is 12.1 Å². The van der Waals surface area contributed by atoms with Gasteiger partial charge in [-0.1, -0.05) is 29.8 Å². The molecule has 0 saturated heterocycles. The van der Waals surface area contributed by atoms with E-state index in [0.29, 0.717) is 23.6 Å². The highest BCUT2D eigenvalue weighted by molar-refractivity contribution is 6.31. The Labute approximate surface area is 128 Å². The largest absolute Gasteiger partial charge is 0.494 e. The minimum absolute atomic E-state index is 0.227. The van der Waals surface area contributed by atoms with Crippen LogP contribution in [0.4, 0.5) is 4.39 Å². The van der Waals surface area contributed by atoms with Crippen LogP contribution in [0.25, 0.3) is 0 Å². The molecule has 21 heavy (non-hydrogen) atoms. The van der Waals surface area contributed by atoms with E-state index in [0.717, 1.165) is 11.3 Å². The zero-order chi connectivity index (χ0) is 15.2. The molecule has 1 atom stereocenters. The van der Waals surface area contributed by atoms with E-state index in [4.69, 9.17) is 22.2 Å². The Hall–Kier alpha value is -1.62. The number of benzene rings is 2. The molecule has 0 saturated carbocycles. The molecule has 0 amide bonds. The van der Waals surface area contributed by atoms with Gasteiger partial charge in [0.05, 0.1) is 12.6 Å². The highest BCUT2D eigenvalue weighted by Crippen LogP contribution is 2.26. The van der Waals surface area contributed by atoms with Crippen LogP contribution in [0.2, 0.25) is 5.02 Å². The van der Waals surface area contributed by atoms with E-state index in [9.17, 15) is 4.39 Å². The molecule has 0 heterocycles. The standard InChI is InChI=1S/C16H18ClFN2O/c1-2-21-12-8-6-11(7-9-12)16(20-19)10-13-14(17)4-3-5-15(13)18/h3-9,16,20H,2,10,19H2,1H3. The van der Waals surface area contributed by atoms with Crippen molar-refractivity contribution >= 4 is 11.6 Å². The molecule has 0 fully saturated rings. The normalized spacial score (nSPS) is 12.2. The number of nitrogens with one attached hydrogen (secondary N) is 1. The molecule has 2 aromatic carbocycles. The van der Waals surface area contributed by atoms with Crippen LogP contribution in [0.1, 0.15) is 24.1 Å². The molecular weight excluding hydrogens is 291 g/mol. The summed E-state index contributed by atoms with van der Waals surface area (Å²) in [6.07, 6.45) is 0.371. The van der Waals surface area contributed by atoms with Crippen molar-refractivity contribution in [3.8, 4) is 5.75 Å². The maximum absolute atomic E-state index is 13.9. The zero-order valence-electron chi connectivity index (χ0n) is 11.8. The molecule has 1 unspecified atom stereocenters. The molecule has 5 heteroatoms. The second-order valence-corrected chi connectivity index (χ2v) is 5.03. The number of ether oxygens (including phenoxy) is 1. The maximum Gasteiger partial charge on any atom is 0.127 e. The predicted octanol–water partition coefficient (Wildman–Crippen LogP) is 3.62. The van der Waals surface area contributed by atoms with Gasteiger partial charge < -0.3 is 4.74 Å². The first-order valence-corrected chi connectivity index (χ1v) is 7.15. The predicted molar refractivity (Wildman–Crippen MR) is 82.8 cm³/mol. The quantitative estimate of drug-likeness (QED) is 0.633. The summed E-state index contributed by atoms with van der Waals surface area (Å²) in [5, 5.41) is 0.404. The maximum atomic E-state index is 13.9. The number of nitrogens with two attached hydrogens (primary N) is 1. The van der Waals surface area contributed by atoms with Crippen molar-refractivity contribution < 1.29 is 9.13 Å². The first kappa shape index (κ1) is 15.8. The van der Waals surface area contributed by atoms with Crippen LogP contribution in [-0.4, -0.2) is 6.61 Å². The summed E-state index contributed by atoms with van der Waals surface area (Å²) in [4.78, 5) is 0. The van der Waals surface area contributed by atoms with Crippen LogP contribution in [0.3, 0.4) is 0 Å². The molecule has 0 aliphatic rings. The first-order chi connectivity index (χ1) is 10.2. The number of hydrogen-bond acceptors (Lipinski definition) is 3. The summed E-state index contributed by atoms with van der Waals surface area (Å²) in [6.45, 7) is 2.54. The number of hydrogen-bond donors (Lipinski definition) is 2. The van der Waals surface area contributed by atoms with Crippen LogP contribution in [0, 0.1) is 5.82 Å². The van der Waals surface area contributed by atoms with Crippen molar-refractivity contribution in [2.75, 3.05) is 6.61 Å². The molecule has 0 aromatic heterocycles. The van der Waals surface area contributed by atoms with E-state index in [1.165, 1.54) is 6.07 Å². The third-order valence-electron chi connectivity index (χ3n) is 3.26. The fourth-order valence-electron chi connectivity index (χ4n) is 2.17. The van der Waals surface area contributed by atoms with Gasteiger partial charge in [0.15, 0.2) is 0 Å². The Morgan fingerprint density at radius 1 is 1.24 bits per heavy atom. The fraction of sp³-hybridized carbons (Fsp3) is 0.250. The Bertz CT molecular complexity index is 569. The van der Waals surface area contributed by atoms with Crippen molar-refractivity contribution in [3.63, 3.8) is 0 Å². The monoisotopic (exact) mass is 308 g/mol. The van der Waals surface area contributed by atoms with Gasteiger partial charge in [0.1, 0.15) is 11.6 Å². The van der Waals surface area contributed by atoms with Gasteiger partial charge >= 0.3 is 0 Å². The number of halogens is 2. The SMILES string of the molecule is CCOc1ccc(C(Cc2c(F)cccc2Cl)NN)cc1. The van der Waals surface area contributed by atoms with Crippen molar-refractivity contribution in [2.24, 2.45) is 5.84 Å². The summed E-state index contributed by atoms with van der Waals surface area (Å²) in [5.41, 5.74) is 4.11. The molecule has 0 aliphatic heterocycles. The zero-order valence-corrected chi connectivity index (χ0v) is 12.5. The van der Waals surface area contributed by atoms with Gasteiger partial charge in [-0.05, 0) is 43.2 Å². The average Bonchev–Trinajstić information content (AvgIpc) is 2.49. The highest BCUT2D eigenvalue weighted by Gasteiger charge is 2.15. The van der Waals surface area contributed by atoms with Crippen molar-refractivity contribution in [2.45, 2.75) is 19.4 Å². The third-order valence-corrected chi connectivity index (χ3v) is 3.62. The second-order valence-electron chi connectivity index (χ2n) is 4.63. The summed E-state index contributed by atoms with van der Waals surface area (Å²) < 4.78 is 19.3. The minimum Gasteiger partial charge on any atom is -0.494 e. The molecule has 0 spiro atoms. The van der Waals surface area contributed by atoms with Crippen LogP contribution < -0.4 is 16.0 Å². The van der Waals surface area contributed by atoms with Crippen LogP contribution in [-0.2, 0) is 6.42 Å². The molecule has 0 bridgehead atoms. The third kappa shape index (κ3) is 3.94.